The first kappa shape index (κ1) is 21.8. The molecule has 1 saturated heterocycles. The average molecular weight is 484 g/mol. The third kappa shape index (κ3) is 2.79. The molecular weight excluding hydrogens is 462 g/mol. The van der Waals surface area contributed by atoms with Crippen LogP contribution in [0, 0.1) is 5.41 Å². The van der Waals surface area contributed by atoms with Crippen molar-refractivity contribution >= 4 is 40.7 Å². The van der Waals surface area contributed by atoms with Crippen molar-refractivity contribution in [2.75, 3.05) is 12.0 Å². The van der Waals surface area contributed by atoms with E-state index in [4.69, 9.17) is 16.3 Å². The molecule has 0 amide bonds. The van der Waals surface area contributed by atoms with E-state index in [0.29, 0.717) is 21.9 Å². The summed E-state index contributed by atoms with van der Waals surface area (Å²) in [5.74, 6) is -0.715. The van der Waals surface area contributed by atoms with Crippen molar-refractivity contribution in [3.8, 4) is 5.75 Å². The lowest BCUT2D eigenvalue weighted by Gasteiger charge is -2.37. The Morgan fingerprint density at radius 1 is 0.971 bits per heavy atom. The highest BCUT2D eigenvalue weighted by atomic mass is 35.5. The van der Waals surface area contributed by atoms with E-state index in [0.717, 1.165) is 16.8 Å². The predicted molar refractivity (Wildman–Crippen MR) is 134 cm³/mol. The monoisotopic (exact) mass is 483 g/mol. The van der Waals surface area contributed by atoms with Crippen molar-refractivity contribution in [1.82, 2.24) is 0 Å². The van der Waals surface area contributed by atoms with E-state index in [9.17, 15) is 14.4 Å². The van der Waals surface area contributed by atoms with Gasteiger partial charge in [0, 0.05) is 27.8 Å². The summed E-state index contributed by atoms with van der Waals surface area (Å²) in [7, 11) is 1.57. The number of halogens is 1. The number of nitrogens with zero attached hydrogens (tertiary/aromatic N) is 1. The van der Waals surface area contributed by atoms with Gasteiger partial charge in [0.2, 0.25) is 0 Å². The largest absolute Gasteiger partial charge is 0.497 e. The van der Waals surface area contributed by atoms with Crippen LogP contribution >= 0.6 is 11.6 Å². The standard InChI is InChI=1S/C29H22ClNO4/c1-16(32)26-25(18-6-5-7-20(15-18)35-2)29(27(33)21-8-3-4-9-22(21)28(29)34)24-13-10-17-14-19(30)11-12-23(17)31(24)26/h3-15,24-26H,1-2H3/t24-,25+,26+/m1/s1. The van der Waals surface area contributed by atoms with Gasteiger partial charge in [-0.2, -0.15) is 0 Å². The van der Waals surface area contributed by atoms with Crippen LogP contribution in [-0.4, -0.2) is 36.5 Å². The molecule has 1 fully saturated rings. The van der Waals surface area contributed by atoms with E-state index in [1.54, 1.807) is 37.4 Å². The fraction of sp³-hybridized carbons (Fsp3) is 0.207. The molecule has 1 spiro atoms. The summed E-state index contributed by atoms with van der Waals surface area (Å²) in [5.41, 5.74) is 1.67. The number of hydrogen-bond donors (Lipinski definition) is 0. The molecule has 0 aromatic heterocycles. The van der Waals surface area contributed by atoms with Crippen LogP contribution in [0.25, 0.3) is 6.08 Å². The summed E-state index contributed by atoms with van der Waals surface area (Å²) in [6.07, 6.45) is 3.79. The Kier molecular flexibility index (Phi) is 4.77. The molecule has 3 aromatic carbocycles. The second-order valence-corrected chi connectivity index (χ2v) is 9.73. The van der Waals surface area contributed by atoms with Gasteiger partial charge in [0.15, 0.2) is 17.3 Å². The lowest BCUT2D eigenvalue weighted by Crippen LogP contribution is -2.48. The normalized spacial score (nSPS) is 23.3. The molecule has 6 rings (SSSR count). The first-order valence-corrected chi connectivity index (χ1v) is 11.9. The minimum atomic E-state index is -1.49. The van der Waals surface area contributed by atoms with E-state index in [-0.39, 0.29) is 17.3 Å². The zero-order valence-corrected chi connectivity index (χ0v) is 20.0. The molecular formula is C29H22ClNO4. The van der Waals surface area contributed by atoms with Crippen LogP contribution in [-0.2, 0) is 4.79 Å². The van der Waals surface area contributed by atoms with E-state index < -0.39 is 23.4 Å². The number of rotatable bonds is 3. The summed E-state index contributed by atoms with van der Waals surface area (Å²) < 4.78 is 5.47. The average Bonchev–Trinajstić information content (AvgIpc) is 3.30. The quantitative estimate of drug-likeness (QED) is 0.468. The fourth-order valence-corrected chi connectivity index (χ4v) is 6.49. The summed E-state index contributed by atoms with van der Waals surface area (Å²) >= 11 is 6.26. The first-order valence-electron chi connectivity index (χ1n) is 11.5. The molecule has 0 unspecified atom stereocenters. The van der Waals surface area contributed by atoms with E-state index >= 15 is 0 Å². The fourth-order valence-electron chi connectivity index (χ4n) is 6.31. The molecule has 2 heterocycles. The Morgan fingerprint density at radius 3 is 2.34 bits per heavy atom. The van der Waals surface area contributed by atoms with Crippen molar-refractivity contribution in [3.05, 3.63) is 100 Å². The molecule has 174 valence electrons. The van der Waals surface area contributed by atoms with Gasteiger partial charge in [0.1, 0.15) is 11.2 Å². The van der Waals surface area contributed by atoms with Crippen LogP contribution < -0.4 is 9.64 Å². The minimum Gasteiger partial charge on any atom is -0.497 e. The molecule has 0 radical (unpaired) electrons. The number of ether oxygens (including phenoxy) is 1. The molecule has 3 atom stereocenters. The number of Topliss-reactive ketones (excluding diaryl/α,β-unsaturated/α-hetero) is 3. The second-order valence-electron chi connectivity index (χ2n) is 9.30. The van der Waals surface area contributed by atoms with Crippen LogP contribution in [0.4, 0.5) is 5.69 Å². The smallest absolute Gasteiger partial charge is 0.180 e. The van der Waals surface area contributed by atoms with Crippen molar-refractivity contribution in [1.29, 1.82) is 0 Å². The molecule has 3 aromatic rings. The van der Waals surface area contributed by atoms with Gasteiger partial charge in [0.25, 0.3) is 0 Å². The van der Waals surface area contributed by atoms with Gasteiger partial charge in [-0.15, -0.1) is 0 Å². The number of benzene rings is 3. The van der Waals surface area contributed by atoms with Crippen LogP contribution in [0.1, 0.15) is 44.7 Å². The number of carbonyl (C=O) groups excluding carboxylic acids is 3. The topological polar surface area (TPSA) is 63.7 Å². The summed E-state index contributed by atoms with van der Waals surface area (Å²) in [6.45, 7) is 1.53. The van der Waals surface area contributed by atoms with Gasteiger partial charge in [-0.3, -0.25) is 14.4 Å². The van der Waals surface area contributed by atoms with Crippen molar-refractivity contribution < 1.29 is 19.1 Å². The molecule has 0 N–H and O–H groups in total. The molecule has 5 nitrogen and oxygen atoms in total. The van der Waals surface area contributed by atoms with E-state index in [1.165, 1.54) is 6.92 Å². The zero-order chi connectivity index (χ0) is 24.5. The van der Waals surface area contributed by atoms with Crippen molar-refractivity contribution in [3.63, 3.8) is 0 Å². The van der Waals surface area contributed by atoms with Gasteiger partial charge in [0.05, 0.1) is 19.2 Å². The maximum atomic E-state index is 14.3. The van der Waals surface area contributed by atoms with Crippen LogP contribution in [0.5, 0.6) is 5.75 Å². The highest BCUT2D eigenvalue weighted by molar-refractivity contribution is 6.32. The molecule has 3 aliphatic rings. The molecule has 0 bridgehead atoms. The van der Waals surface area contributed by atoms with E-state index in [1.807, 2.05) is 53.5 Å². The van der Waals surface area contributed by atoms with Gasteiger partial charge in [-0.1, -0.05) is 60.2 Å². The predicted octanol–water partition coefficient (Wildman–Crippen LogP) is 5.37. The van der Waals surface area contributed by atoms with E-state index in [2.05, 4.69) is 0 Å². The van der Waals surface area contributed by atoms with Crippen molar-refractivity contribution in [2.45, 2.75) is 24.9 Å². The number of ketones is 3. The maximum Gasteiger partial charge on any atom is 0.180 e. The van der Waals surface area contributed by atoms with Gasteiger partial charge < -0.3 is 9.64 Å². The summed E-state index contributed by atoms with van der Waals surface area (Å²) in [4.78, 5) is 44.0. The number of carbonyl (C=O) groups is 3. The third-order valence-corrected chi connectivity index (χ3v) is 7.87. The van der Waals surface area contributed by atoms with Crippen LogP contribution in [0.3, 0.4) is 0 Å². The van der Waals surface area contributed by atoms with Gasteiger partial charge in [-0.05, 0) is 48.4 Å². The molecule has 1 aliphatic carbocycles. The maximum absolute atomic E-state index is 14.3. The number of anilines is 1. The molecule has 35 heavy (non-hydrogen) atoms. The van der Waals surface area contributed by atoms with Crippen molar-refractivity contribution in [2.24, 2.45) is 5.41 Å². The zero-order valence-electron chi connectivity index (χ0n) is 19.2. The Morgan fingerprint density at radius 2 is 1.69 bits per heavy atom. The Bertz CT molecular complexity index is 1420. The molecule has 2 aliphatic heterocycles. The van der Waals surface area contributed by atoms with Gasteiger partial charge in [-0.25, -0.2) is 0 Å². The number of fused-ring (bicyclic) bond motifs is 5. The number of methoxy groups -OCH3 is 1. The highest BCUT2D eigenvalue weighted by Gasteiger charge is 2.71. The molecule has 0 saturated carbocycles. The number of hydrogen-bond acceptors (Lipinski definition) is 5. The first-order chi connectivity index (χ1) is 16.9. The van der Waals surface area contributed by atoms with Crippen LogP contribution in [0.2, 0.25) is 5.02 Å². The van der Waals surface area contributed by atoms with Crippen LogP contribution in [0.15, 0.2) is 72.8 Å². The Hall–Kier alpha value is -3.70. The second kappa shape index (κ2) is 7.65. The molecule has 6 heteroatoms. The lowest BCUT2D eigenvalue weighted by molar-refractivity contribution is -0.118. The Labute approximate surface area is 208 Å². The highest BCUT2D eigenvalue weighted by Crippen LogP contribution is 2.60. The van der Waals surface area contributed by atoms with Gasteiger partial charge >= 0.3 is 0 Å². The summed E-state index contributed by atoms with van der Waals surface area (Å²) in [5, 5.41) is 0.574. The minimum absolute atomic E-state index is 0.118. The Balaban J connectivity index is 1.68. The third-order valence-electron chi connectivity index (χ3n) is 7.64. The SMILES string of the molecule is COc1cccc([C@H]2[C@H](C(C)=O)N3c4ccc(Cl)cc4C=C[C@@H]3C23C(=O)c2ccccc2C3=O)c1. The lowest BCUT2D eigenvalue weighted by atomic mass is 9.64. The summed E-state index contributed by atoms with van der Waals surface area (Å²) in [6, 6.07) is 18.4.